The second kappa shape index (κ2) is 16.3. The molecule has 1 atom stereocenters. The molecule has 0 fully saturated rings. The van der Waals surface area contributed by atoms with Crippen molar-refractivity contribution in [1.29, 1.82) is 0 Å². The van der Waals surface area contributed by atoms with E-state index in [2.05, 4.69) is 195 Å². The molecular weight excluding hydrogens is 815 g/mol. The summed E-state index contributed by atoms with van der Waals surface area (Å²) in [6.45, 7) is 0. The van der Waals surface area contributed by atoms with Crippen molar-refractivity contribution in [2.45, 2.75) is 12.5 Å². The van der Waals surface area contributed by atoms with Crippen molar-refractivity contribution in [3.63, 3.8) is 0 Å². The van der Waals surface area contributed by atoms with Gasteiger partial charge in [0.05, 0.1) is 28.1 Å². The highest BCUT2D eigenvalue weighted by Gasteiger charge is 2.24. The molecule has 0 bridgehead atoms. The summed E-state index contributed by atoms with van der Waals surface area (Å²) in [4.78, 5) is 4.50. The fourth-order valence-corrected chi connectivity index (χ4v) is 9.91. The molecule has 66 heavy (non-hydrogen) atoms. The molecule has 0 aliphatic heterocycles. The Morgan fingerprint density at radius 1 is 0.394 bits per heavy atom. The number of anilines is 5. The third kappa shape index (κ3) is 6.82. The van der Waals surface area contributed by atoms with Crippen LogP contribution in [-0.2, 0) is 0 Å². The average molecular weight is 857 g/mol. The molecule has 0 saturated heterocycles. The lowest BCUT2D eigenvalue weighted by atomic mass is 9.95. The first kappa shape index (κ1) is 39.1. The first-order valence-corrected chi connectivity index (χ1v) is 22.3. The number of hydrogen-bond donors (Lipinski definition) is 0. The van der Waals surface area contributed by atoms with Crippen LogP contribution in [-0.4, -0.2) is 15.2 Å². The van der Waals surface area contributed by atoms with Crippen LogP contribution in [0.25, 0.3) is 60.6 Å². The Bertz CT molecular complexity index is 3630. The van der Waals surface area contributed by atoms with Gasteiger partial charge in [-0.3, -0.25) is 0 Å². The Balaban J connectivity index is 0.881. The number of aromatic nitrogens is 2. The quantitative estimate of drug-likeness (QED) is 0.144. The van der Waals surface area contributed by atoms with Gasteiger partial charge in [0.1, 0.15) is 11.6 Å². The Labute approximate surface area is 381 Å². The molecule has 316 valence electrons. The van der Waals surface area contributed by atoms with Crippen molar-refractivity contribution in [2.75, 3.05) is 9.80 Å². The van der Waals surface area contributed by atoms with Crippen LogP contribution >= 0.6 is 0 Å². The van der Waals surface area contributed by atoms with E-state index in [4.69, 9.17) is 0 Å². The molecule has 4 nitrogen and oxygen atoms in total. The molecule has 0 saturated carbocycles. The van der Waals surface area contributed by atoms with Crippen LogP contribution in [0.4, 0.5) is 37.2 Å². The normalized spacial score (nSPS) is 13.7. The van der Waals surface area contributed by atoms with E-state index < -0.39 is 0 Å². The summed E-state index contributed by atoms with van der Waals surface area (Å²) in [5.74, 6) is -0.543. The lowest BCUT2D eigenvalue weighted by Crippen LogP contribution is -2.30. The van der Waals surface area contributed by atoms with Crippen molar-refractivity contribution in [3.05, 3.63) is 254 Å². The Morgan fingerprint density at radius 3 is 1.36 bits per heavy atom. The van der Waals surface area contributed by atoms with Gasteiger partial charge >= 0.3 is 0 Å². The fraction of sp³-hybridized carbons (Fsp3) is 0.0333. The maximum Gasteiger partial charge on any atom is 0.123 e. The van der Waals surface area contributed by atoms with Gasteiger partial charge in [-0.25, -0.2) is 8.78 Å². The van der Waals surface area contributed by atoms with Gasteiger partial charge in [0.25, 0.3) is 0 Å². The maximum atomic E-state index is 14.4. The van der Waals surface area contributed by atoms with Crippen LogP contribution in [0.1, 0.15) is 12.0 Å². The summed E-state index contributed by atoms with van der Waals surface area (Å²) >= 11 is 0. The number of hydrogen-bond acceptors (Lipinski definition) is 2. The van der Waals surface area contributed by atoms with Crippen molar-refractivity contribution in [3.8, 4) is 11.4 Å². The predicted molar refractivity (Wildman–Crippen MR) is 270 cm³/mol. The Morgan fingerprint density at radius 2 is 0.833 bits per heavy atom. The van der Waals surface area contributed by atoms with Gasteiger partial charge in [-0.2, -0.15) is 0 Å². The van der Waals surface area contributed by atoms with E-state index in [9.17, 15) is 8.78 Å². The first-order chi connectivity index (χ1) is 32.6. The highest BCUT2D eigenvalue weighted by molar-refractivity contribution is 6.11. The average Bonchev–Trinajstić information content (AvgIpc) is 3.89. The fourth-order valence-electron chi connectivity index (χ4n) is 9.91. The molecule has 2 aromatic heterocycles. The highest BCUT2D eigenvalue weighted by Crippen LogP contribution is 2.42. The van der Waals surface area contributed by atoms with Crippen LogP contribution in [0.5, 0.6) is 0 Å². The number of fused-ring (bicyclic) bond motifs is 6. The number of benzene rings is 9. The van der Waals surface area contributed by atoms with Crippen LogP contribution in [0, 0.1) is 11.6 Å². The minimum Gasteiger partial charge on any atom is -0.334 e. The zero-order valence-corrected chi connectivity index (χ0v) is 35.8. The van der Waals surface area contributed by atoms with E-state index >= 15 is 0 Å². The van der Waals surface area contributed by atoms with Gasteiger partial charge in [0.2, 0.25) is 0 Å². The molecule has 12 rings (SSSR count). The summed E-state index contributed by atoms with van der Waals surface area (Å²) in [6, 6.07) is 73.3. The van der Waals surface area contributed by atoms with Gasteiger partial charge in [-0.1, -0.05) is 103 Å². The molecule has 0 radical (unpaired) electrons. The number of nitrogens with zero attached hydrogens (tertiary/aromatic N) is 4. The first-order valence-electron chi connectivity index (χ1n) is 22.3. The van der Waals surface area contributed by atoms with Gasteiger partial charge in [-0.05, 0) is 151 Å². The van der Waals surface area contributed by atoms with Gasteiger partial charge in [0, 0.05) is 61.4 Å². The molecule has 0 amide bonds. The zero-order valence-electron chi connectivity index (χ0n) is 35.8. The number of allylic oxidation sites excluding steroid dienone is 2. The third-order valence-electron chi connectivity index (χ3n) is 12.9. The molecule has 11 aromatic rings. The second-order valence-electron chi connectivity index (χ2n) is 16.8. The van der Waals surface area contributed by atoms with E-state index in [1.807, 2.05) is 36.4 Å². The number of rotatable bonds is 9. The van der Waals surface area contributed by atoms with Crippen LogP contribution < -0.4 is 9.80 Å². The Kier molecular flexibility index (Phi) is 9.64. The molecule has 1 unspecified atom stereocenters. The van der Waals surface area contributed by atoms with E-state index in [0.717, 1.165) is 95.6 Å². The SMILES string of the molecule is Fc1ccc(N(c2ccc(C3=CCC(N(c4ccc(F)cc4)c4ccc5c(c4)c4ccccc4n5-c4ccccc4)C=C3)cc2)c2ccc3c(c2)c2ccccc2n3-c2ccccc2)cc1. The molecular formula is C60H42F2N4. The van der Waals surface area contributed by atoms with Crippen molar-refractivity contribution >= 4 is 77.6 Å². The van der Waals surface area contributed by atoms with Crippen molar-refractivity contribution in [1.82, 2.24) is 9.13 Å². The minimum absolute atomic E-state index is 0.0184. The van der Waals surface area contributed by atoms with Crippen molar-refractivity contribution < 1.29 is 8.78 Å². The lowest BCUT2D eigenvalue weighted by Gasteiger charge is -2.33. The van der Waals surface area contributed by atoms with Crippen LogP contribution in [0.3, 0.4) is 0 Å². The van der Waals surface area contributed by atoms with E-state index in [1.165, 1.54) is 29.7 Å². The summed E-state index contributed by atoms with van der Waals surface area (Å²) in [5, 5.41) is 4.63. The standard InChI is InChI=1S/C60H42F2N4/c61-43-23-31-49(32-24-43)63(51-35-37-59-55(39-51)53-15-7-9-17-57(53)65(59)45-11-3-1-4-12-45)47-27-19-41(20-28-47)42-21-29-48(30-22-42)64(50-33-25-44(62)26-34-50)52-36-38-60-56(40-52)54-16-8-10-18-58(54)66(60)46-13-5-2-6-14-46/h1-29,31-40,48H,30H2. The smallest absolute Gasteiger partial charge is 0.123 e. The zero-order chi connectivity index (χ0) is 44.1. The van der Waals surface area contributed by atoms with Crippen LogP contribution in [0.15, 0.2) is 237 Å². The predicted octanol–water partition coefficient (Wildman–Crippen LogP) is 16.2. The molecule has 0 spiro atoms. The minimum atomic E-state index is -0.279. The van der Waals surface area contributed by atoms with Gasteiger partial charge < -0.3 is 18.9 Å². The topological polar surface area (TPSA) is 16.3 Å². The summed E-state index contributed by atoms with van der Waals surface area (Å²) in [6.07, 6.45) is 7.50. The molecule has 6 heteroatoms. The lowest BCUT2D eigenvalue weighted by molar-refractivity contribution is 0.627. The number of halogens is 2. The molecule has 0 N–H and O–H groups in total. The molecule has 1 aliphatic rings. The van der Waals surface area contributed by atoms with E-state index in [-0.39, 0.29) is 17.7 Å². The van der Waals surface area contributed by atoms with Crippen LogP contribution in [0.2, 0.25) is 0 Å². The van der Waals surface area contributed by atoms with Gasteiger partial charge in [-0.15, -0.1) is 0 Å². The maximum absolute atomic E-state index is 14.4. The molecule has 2 heterocycles. The molecule has 9 aromatic carbocycles. The van der Waals surface area contributed by atoms with E-state index in [1.54, 1.807) is 0 Å². The highest BCUT2D eigenvalue weighted by atomic mass is 19.1. The molecule has 1 aliphatic carbocycles. The summed E-state index contributed by atoms with van der Waals surface area (Å²) in [7, 11) is 0. The largest absolute Gasteiger partial charge is 0.334 e. The van der Waals surface area contributed by atoms with Crippen molar-refractivity contribution in [2.24, 2.45) is 0 Å². The second-order valence-corrected chi connectivity index (χ2v) is 16.8. The monoisotopic (exact) mass is 856 g/mol. The third-order valence-corrected chi connectivity index (χ3v) is 12.9. The summed E-state index contributed by atoms with van der Waals surface area (Å²) < 4.78 is 33.4. The summed E-state index contributed by atoms with van der Waals surface area (Å²) in [5.41, 5.74) is 13.7. The number of para-hydroxylation sites is 4. The van der Waals surface area contributed by atoms with E-state index in [0.29, 0.717) is 0 Å². The van der Waals surface area contributed by atoms with Gasteiger partial charge in [0.15, 0.2) is 0 Å². The Hall–Kier alpha value is -8.48.